The third-order valence-corrected chi connectivity index (χ3v) is 4.62. The molecule has 0 bridgehead atoms. The maximum Gasteiger partial charge on any atom is 0.258 e. The fourth-order valence-corrected chi connectivity index (χ4v) is 3.22. The first-order valence-electron chi connectivity index (χ1n) is 8.89. The summed E-state index contributed by atoms with van der Waals surface area (Å²) < 4.78 is 11.4. The van der Waals surface area contributed by atoms with Gasteiger partial charge in [0.25, 0.3) is 5.91 Å². The van der Waals surface area contributed by atoms with E-state index in [1.807, 2.05) is 50.2 Å². The van der Waals surface area contributed by atoms with Crippen LogP contribution in [0.5, 0.6) is 5.75 Å². The summed E-state index contributed by atoms with van der Waals surface area (Å²) in [6, 6.07) is 11.8. The minimum atomic E-state index is -0.115. The summed E-state index contributed by atoms with van der Waals surface area (Å²) in [4.78, 5) is 14.6. The Kier molecular flexibility index (Phi) is 5.76. The number of carbonyl (C=O) groups is 1. The fourth-order valence-electron chi connectivity index (χ4n) is 3.22. The predicted molar refractivity (Wildman–Crippen MR) is 96.7 cm³/mol. The second-order valence-electron chi connectivity index (χ2n) is 6.57. The molecule has 0 unspecified atom stereocenters. The van der Waals surface area contributed by atoms with E-state index in [9.17, 15) is 4.79 Å². The van der Waals surface area contributed by atoms with Gasteiger partial charge in [0.1, 0.15) is 17.3 Å². The van der Waals surface area contributed by atoms with E-state index in [4.69, 9.17) is 9.15 Å². The first-order chi connectivity index (χ1) is 12.1. The van der Waals surface area contributed by atoms with Gasteiger partial charge in [-0.15, -0.1) is 0 Å². The standard InChI is InChI=1S/C20H26N2O3/c1-15-7-3-4-8-18(15)24-14-20(23)21-13-17(22-11-5-6-12-22)19-10-9-16(2)25-19/h3-4,7-10,17H,5-6,11-14H2,1-2H3,(H,21,23)/t17-/m1/s1. The molecule has 0 aliphatic carbocycles. The highest BCUT2D eigenvalue weighted by molar-refractivity contribution is 5.77. The molecule has 2 aromatic rings. The number of amides is 1. The summed E-state index contributed by atoms with van der Waals surface area (Å²) in [6.45, 7) is 6.55. The molecule has 1 aliphatic rings. The Morgan fingerprint density at radius 3 is 2.64 bits per heavy atom. The Morgan fingerprint density at radius 2 is 1.96 bits per heavy atom. The Morgan fingerprint density at radius 1 is 1.20 bits per heavy atom. The Balaban J connectivity index is 1.55. The Bertz CT molecular complexity index is 704. The van der Waals surface area contributed by atoms with Crippen molar-refractivity contribution in [2.45, 2.75) is 32.7 Å². The molecule has 1 aromatic heterocycles. The van der Waals surface area contributed by atoms with Crippen LogP contribution < -0.4 is 10.1 Å². The van der Waals surface area contributed by atoms with E-state index in [1.165, 1.54) is 12.8 Å². The third-order valence-electron chi connectivity index (χ3n) is 4.62. The lowest BCUT2D eigenvalue weighted by Gasteiger charge is -2.26. The normalized spacial score (nSPS) is 15.9. The van der Waals surface area contributed by atoms with Crippen molar-refractivity contribution < 1.29 is 13.9 Å². The molecule has 5 heteroatoms. The summed E-state index contributed by atoms with van der Waals surface area (Å²) in [5, 5.41) is 2.99. The van der Waals surface area contributed by atoms with Crippen molar-refractivity contribution in [1.29, 1.82) is 0 Å². The fraction of sp³-hybridized carbons (Fsp3) is 0.450. The van der Waals surface area contributed by atoms with Gasteiger partial charge in [0, 0.05) is 6.54 Å². The van der Waals surface area contributed by atoms with Crippen LogP contribution >= 0.6 is 0 Å². The number of para-hydroxylation sites is 1. The van der Waals surface area contributed by atoms with Gasteiger partial charge in [-0.25, -0.2) is 0 Å². The second kappa shape index (κ2) is 8.21. The average Bonchev–Trinajstić information content (AvgIpc) is 3.27. The minimum Gasteiger partial charge on any atom is -0.484 e. The zero-order valence-corrected chi connectivity index (χ0v) is 15.0. The number of nitrogens with one attached hydrogen (secondary N) is 1. The highest BCUT2D eigenvalue weighted by Gasteiger charge is 2.26. The van der Waals surface area contributed by atoms with E-state index in [2.05, 4.69) is 10.2 Å². The smallest absolute Gasteiger partial charge is 0.258 e. The summed E-state index contributed by atoms with van der Waals surface area (Å²) in [5.74, 6) is 2.44. The van der Waals surface area contributed by atoms with Gasteiger partial charge < -0.3 is 14.5 Å². The number of aryl methyl sites for hydroxylation is 2. The Labute approximate surface area is 149 Å². The van der Waals surface area contributed by atoms with E-state index in [1.54, 1.807) is 0 Å². The number of ether oxygens (including phenoxy) is 1. The molecule has 0 spiro atoms. The lowest BCUT2D eigenvalue weighted by Crippen LogP contribution is -2.38. The number of carbonyl (C=O) groups excluding carboxylic acids is 1. The van der Waals surface area contributed by atoms with Gasteiger partial charge in [-0.3, -0.25) is 9.69 Å². The van der Waals surface area contributed by atoms with E-state index in [-0.39, 0.29) is 18.6 Å². The van der Waals surface area contributed by atoms with E-state index < -0.39 is 0 Å². The maximum absolute atomic E-state index is 12.2. The molecule has 3 rings (SSSR count). The molecule has 1 fully saturated rings. The molecule has 1 saturated heterocycles. The van der Waals surface area contributed by atoms with Gasteiger partial charge in [0.2, 0.25) is 0 Å². The molecule has 0 saturated carbocycles. The van der Waals surface area contributed by atoms with Crippen molar-refractivity contribution in [3.63, 3.8) is 0 Å². The van der Waals surface area contributed by atoms with Gasteiger partial charge in [0.15, 0.2) is 6.61 Å². The largest absolute Gasteiger partial charge is 0.484 e. The van der Waals surface area contributed by atoms with Crippen LogP contribution in [0.1, 0.15) is 36.0 Å². The average molecular weight is 342 g/mol. The number of nitrogens with zero attached hydrogens (tertiary/aromatic N) is 1. The number of rotatable bonds is 7. The molecule has 1 N–H and O–H groups in total. The molecule has 1 aromatic carbocycles. The molecule has 1 aliphatic heterocycles. The minimum absolute atomic E-state index is 0.0226. The zero-order chi connectivity index (χ0) is 17.6. The van der Waals surface area contributed by atoms with Crippen LogP contribution in [-0.2, 0) is 4.79 Å². The first kappa shape index (κ1) is 17.5. The monoisotopic (exact) mass is 342 g/mol. The van der Waals surface area contributed by atoms with Crippen LogP contribution in [0.4, 0.5) is 0 Å². The van der Waals surface area contributed by atoms with Crippen molar-refractivity contribution in [3.05, 3.63) is 53.5 Å². The number of hydrogen-bond donors (Lipinski definition) is 1. The molecule has 1 atom stereocenters. The van der Waals surface area contributed by atoms with E-state index in [0.717, 1.165) is 35.9 Å². The number of likely N-dealkylation sites (tertiary alicyclic amines) is 1. The van der Waals surface area contributed by atoms with Crippen molar-refractivity contribution in [1.82, 2.24) is 10.2 Å². The molecular formula is C20H26N2O3. The Hall–Kier alpha value is -2.27. The lowest BCUT2D eigenvalue weighted by molar-refractivity contribution is -0.123. The van der Waals surface area contributed by atoms with Gasteiger partial charge in [-0.2, -0.15) is 0 Å². The van der Waals surface area contributed by atoms with E-state index in [0.29, 0.717) is 6.54 Å². The quantitative estimate of drug-likeness (QED) is 0.839. The van der Waals surface area contributed by atoms with Crippen LogP contribution in [-0.4, -0.2) is 37.0 Å². The van der Waals surface area contributed by atoms with Gasteiger partial charge in [-0.1, -0.05) is 18.2 Å². The van der Waals surface area contributed by atoms with Crippen LogP contribution in [0.2, 0.25) is 0 Å². The molecule has 1 amide bonds. The van der Waals surface area contributed by atoms with Crippen LogP contribution in [0, 0.1) is 13.8 Å². The van der Waals surface area contributed by atoms with Gasteiger partial charge in [-0.05, 0) is 63.5 Å². The van der Waals surface area contributed by atoms with Crippen LogP contribution in [0.3, 0.4) is 0 Å². The van der Waals surface area contributed by atoms with Crippen LogP contribution in [0.15, 0.2) is 40.8 Å². The summed E-state index contributed by atoms with van der Waals surface area (Å²) in [6.07, 6.45) is 2.39. The highest BCUT2D eigenvalue weighted by atomic mass is 16.5. The van der Waals surface area contributed by atoms with Crippen molar-refractivity contribution in [2.24, 2.45) is 0 Å². The number of hydrogen-bond acceptors (Lipinski definition) is 4. The molecular weight excluding hydrogens is 316 g/mol. The van der Waals surface area contributed by atoms with Crippen LogP contribution in [0.25, 0.3) is 0 Å². The molecule has 134 valence electrons. The summed E-state index contributed by atoms with van der Waals surface area (Å²) in [5.41, 5.74) is 1.02. The molecule has 2 heterocycles. The summed E-state index contributed by atoms with van der Waals surface area (Å²) >= 11 is 0. The maximum atomic E-state index is 12.2. The van der Waals surface area contributed by atoms with Gasteiger partial charge >= 0.3 is 0 Å². The number of furan rings is 1. The second-order valence-corrected chi connectivity index (χ2v) is 6.57. The molecule has 0 radical (unpaired) electrons. The highest BCUT2D eigenvalue weighted by Crippen LogP contribution is 2.26. The third kappa shape index (κ3) is 4.63. The topological polar surface area (TPSA) is 54.7 Å². The van der Waals surface area contributed by atoms with E-state index >= 15 is 0 Å². The summed E-state index contributed by atoms with van der Waals surface area (Å²) in [7, 11) is 0. The van der Waals surface area contributed by atoms with Crippen molar-refractivity contribution >= 4 is 5.91 Å². The van der Waals surface area contributed by atoms with Crippen molar-refractivity contribution in [3.8, 4) is 5.75 Å². The molecule has 5 nitrogen and oxygen atoms in total. The number of benzene rings is 1. The predicted octanol–water partition coefficient (Wildman–Crippen LogP) is 3.23. The lowest BCUT2D eigenvalue weighted by atomic mass is 10.2. The molecule has 25 heavy (non-hydrogen) atoms. The zero-order valence-electron chi connectivity index (χ0n) is 15.0. The van der Waals surface area contributed by atoms with Gasteiger partial charge in [0.05, 0.1) is 6.04 Å². The van der Waals surface area contributed by atoms with Crippen molar-refractivity contribution in [2.75, 3.05) is 26.2 Å². The first-order valence-corrected chi connectivity index (χ1v) is 8.89. The SMILES string of the molecule is Cc1ccc([C@@H](CNC(=O)COc2ccccc2C)N2CCCC2)o1.